The largest absolute Gasteiger partial charge is 0.372 e. The van der Waals surface area contributed by atoms with Crippen LogP contribution in [0, 0.1) is 0 Å². The Hall–Kier alpha value is -2.10. The summed E-state index contributed by atoms with van der Waals surface area (Å²) in [5.41, 5.74) is 1.75. The van der Waals surface area contributed by atoms with Gasteiger partial charge in [0.1, 0.15) is 11.5 Å². The average molecular weight is 461 g/mol. The first-order valence-corrected chi connectivity index (χ1v) is 12.1. The van der Waals surface area contributed by atoms with Crippen LogP contribution in [-0.4, -0.2) is 66.9 Å². The molecule has 0 amide bonds. The molecule has 1 aliphatic rings. The van der Waals surface area contributed by atoms with E-state index >= 15 is 0 Å². The second-order valence-electron chi connectivity index (χ2n) is 7.40. The highest BCUT2D eigenvalue weighted by Gasteiger charge is 2.30. The fourth-order valence-electron chi connectivity index (χ4n) is 3.82. The number of ether oxygens (including phenoxy) is 1. The average Bonchev–Trinajstić information content (AvgIpc) is 2.80. The molecule has 1 fully saturated rings. The number of fused-ring (bicyclic) bond motifs is 1. The number of sulfonamides is 1. The zero-order valence-corrected chi connectivity index (χ0v) is 18.9. The Morgan fingerprint density at radius 2 is 1.81 bits per heavy atom. The van der Waals surface area contributed by atoms with Gasteiger partial charge in [0.15, 0.2) is 0 Å². The quantitative estimate of drug-likeness (QED) is 0.503. The Kier molecular flexibility index (Phi) is 6.83. The number of hydrogen-bond acceptors (Lipinski definition) is 6. The number of nitrogens with zero attached hydrogens (tertiary/aromatic N) is 4. The molecule has 0 bridgehead atoms. The maximum atomic E-state index is 13.2. The van der Waals surface area contributed by atoms with Gasteiger partial charge in [0.25, 0.3) is 0 Å². The number of benzene rings is 2. The third-order valence-corrected chi connectivity index (χ3v) is 7.69. The number of aromatic nitrogens is 2. The van der Waals surface area contributed by atoms with Gasteiger partial charge in [-0.05, 0) is 30.7 Å². The predicted octanol–water partition coefficient (Wildman–Crippen LogP) is 3.37. The second-order valence-corrected chi connectivity index (χ2v) is 9.70. The van der Waals surface area contributed by atoms with Gasteiger partial charge in [-0.25, -0.2) is 18.4 Å². The first-order chi connectivity index (χ1) is 15.0. The molecular formula is C22H25ClN4O3S. The van der Waals surface area contributed by atoms with Gasteiger partial charge in [0, 0.05) is 44.7 Å². The highest BCUT2D eigenvalue weighted by Crippen LogP contribution is 2.26. The third kappa shape index (κ3) is 4.88. The molecule has 1 atom stereocenters. The van der Waals surface area contributed by atoms with E-state index in [1.54, 1.807) is 18.2 Å². The van der Waals surface area contributed by atoms with E-state index in [1.165, 1.54) is 10.6 Å². The van der Waals surface area contributed by atoms with Crippen molar-refractivity contribution in [2.75, 3.05) is 39.3 Å². The van der Waals surface area contributed by atoms with Crippen molar-refractivity contribution >= 4 is 32.5 Å². The fraction of sp³-hybridized carbons (Fsp3) is 0.364. The first kappa shape index (κ1) is 22.1. The second kappa shape index (κ2) is 9.58. The monoisotopic (exact) mass is 460 g/mol. The summed E-state index contributed by atoms with van der Waals surface area (Å²) in [4.78, 5) is 10.5. The maximum Gasteiger partial charge on any atom is 0.243 e. The molecule has 9 heteroatoms. The van der Waals surface area contributed by atoms with Crippen molar-refractivity contribution in [1.82, 2.24) is 19.2 Å². The Morgan fingerprint density at radius 3 is 2.52 bits per heavy atom. The summed E-state index contributed by atoms with van der Waals surface area (Å²) in [5, 5.41) is 0.779. The van der Waals surface area contributed by atoms with Crippen LogP contribution < -0.4 is 0 Å². The zero-order chi connectivity index (χ0) is 21.8. The summed E-state index contributed by atoms with van der Waals surface area (Å²) in [6, 6.07) is 14.9. The summed E-state index contributed by atoms with van der Waals surface area (Å²) in [6.07, 6.45) is 1.33. The van der Waals surface area contributed by atoms with Gasteiger partial charge in [-0.3, -0.25) is 4.90 Å². The van der Waals surface area contributed by atoms with Crippen LogP contribution in [0.1, 0.15) is 18.6 Å². The van der Waals surface area contributed by atoms with E-state index in [-0.39, 0.29) is 16.2 Å². The van der Waals surface area contributed by atoms with Crippen LogP contribution in [0.3, 0.4) is 0 Å². The van der Waals surface area contributed by atoms with Crippen molar-refractivity contribution in [2.24, 2.45) is 0 Å². The molecule has 31 heavy (non-hydrogen) atoms. The van der Waals surface area contributed by atoms with Gasteiger partial charge in [0.05, 0.1) is 16.5 Å². The van der Waals surface area contributed by atoms with Crippen molar-refractivity contribution < 1.29 is 13.2 Å². The van der Waals surface area contributed by atoms with E-state index in [1.807, 2.05) is 25.1 Å². The van der Waals surface area contributed by atoms with Crippen LogP contribution >= 0.6 is 11.6 Å². The van der Waals surface area contributed by atoms with Gasteiger partial charge < -0.3 is 4.74 Å². The van der Waals surface area contributed by atoms with Crippen molar-refractivity contribution in [3.63, 3.8) is 0 Å². The molecule has 3 aromatic rings. The van der Waals surface area contributed by atoms with Crippen LogP contribution in [0.2, 0.25) is 5.15 Å². The minimum absolute atomic E-state index is 0.0306. The Balaban J connectivity index is 1.45. The third-order valence-electron chi connectivity index (χ3n) is 5.49. The molecule has 164 valence electrons. The molecule has 0 saturated carbocycles. The van der Waals surface area contributed by atoms with Gasteiger partial charge in [-0.15, -0.1) is 0 Å². The number of hydrogen-bond donors (Lipinski definition) is 0. The Bertz CT molecular complexity index is 1140. The molecular weight excluding hydrogens is 436 g/mol. The summed E-state index contributed by atoms with van der Waals surface area (Å²) in [5.74, 6) is 0. The molecule has 1 aliphatic heterocycles. The van der Waals surface area contributed by atoms with Crippen LogP contribution in [0.25, 0.3) is 10.9 Å². The molecule has 2 heterocycles. The van der Waals surface area contributed by atoms with Gasteiger partial charge in [-0.2, -0.15) is 4.31 Å². The Labute approximate surface area is 187 Å². The topological polar surface area (TPSA) is 75.6 Å². The number of piperazine rings is 1. The highest BCUT2D eigenvalue weighted by molar-refractivity contribution is 7.89. The lowest BCUT2D eigenvalue weighted by atomic mass is 10.1. The number of rotatable bonds is 7. The number of halogens is 1. The lowest BCUT2D eigenvalue weighted by molar-refractivity contribution is 0.0249. The molecule has 0 N–H and O–H groups in total. The van der Waals surface area contributed by atoms with E-state index in [0.29, 0.717) is 43.7 Å². The normalized spacial score (nSPS) is 17.1. The molecule has 1 saturated heterocycles. The summed E-state index contributed by atoms with van der Waals surface area (Å²) in [6.45, 7) is 5.48. The molecule has 1 aromatic heterocycles. The van der Waals surface area contributed by atoms with Gasteiger partial charge in [0.2, 0.25) is 10.0 Å². The van der Waals surface area contributed by atoms with E-state index in [2.05, 4.69) is 27.0 Å². The maximum absolute atomic E-state index is 13.2. The molecule has 7 nitrogen and oxygen atoms in total. The summed E-state index contributed by atoms with van der Waals surface area (Å²) < 4.78 is 33.9. The lowest BCUT2D eigenvalue weighted by Crippen LogP contribution is -2.49. The summed E-state index contributed by atoms with van der Waals surface area (Å²) >= 11 is 6.13. The molecule has 0 aliphatic carbocycles. The molecule has 0 spiro atoms. The van der Waals surface area contributed by atoms with E-state index in [9.17, 15) is 8.42 Å². The predicted molar refractivity (Wildman–Crippen MR) is 121 cm³/mol. The first-order valence-electron chi connectivity index (χ1n) is 10.3. The minimum atomic E-state index is -3.62. The Morgan fingerprint density at radius 1 is 1.06 bits per heavy atom. The minimum Gasteiger partial charge on any atom is -0.372 e. The van der Waals surface area contributed by atoms with Crippen molar-refractivity contribution in [1.29, 1.82) is 0 Å². The lowest BCUT2D eigenvalue weighted by Gasteiger charge is -2.35. The standard InChI is InChI=1S/C22H25ClN4O3S/c1-2-30-21(17-6-4-3-5-7-17)15-26-10-12-27(13-11-26)31(28,29)18-8-9-20-19(14-18)22(23)25-16-24-20/h3-9,14,16,21H,2,10-13,15H2,1H3. The van der Waals surface area contributed by atoms with E-state index < -0.39 is 10.0 Å². The molecule has 1 unspecified atom stereocenters. The van der Waals surface area contributed by atoms with Crippen molar-refractivity contribution in [3.8, 4) is 0 Å². The van der Waals surface area contributed by atoms with Crippen molar-refractivity contribution in [3.05, 3.63) is 65.6 Å². The van der Waals surface area contributed by atoms with E-state index in [0.717, 1.165) is 12.1 Å². The fourth-order valence-corrected chi connectivity index (χ4v) is 5.47. The van der Waals surface area contributed by atoms with Crippen LogP contribution in [0.15, 0.2) is 59.8 Å². The van der Waals surface area contributed by atoms with Crippen LogP contribution in [-0.2, 0) is 14.8 Å². The smallest absolute Gasteiger partial charge is 0.243 e. The van der Waals surface area contributed by atoms with Crippen LogP contribution in [0.4, 0.5) is 0 Å². The van der Waals surface area contributed by atoms with Gasteiger partial charge in [-0.1, -0.05) is 41.9 Å². The van der Waals surface area contributed by atoms with Crippen molar-refractivity contribution in [2.45, 2.75) is 17.9 Å². The highest BCUT2D eigenvalue weighted by atomic mass is 35.5. The zero-order valence-electron chi connectivity index (χ0n) is 17.3. The molecule has 2 aromatic carbocycles. The van der Waals surface area contributed by atoms with Crippen LogP contribution in [0.5, 0.6) is 0 Å². The molecule has 0 radical (unpaired) electrons. The molecule has 4 rings (SSSR count). The van der Waals surface area contributed by atoms with Gasteiger partial charge >= 0.3 is 0 Å². The SMILES string of the molecule is CCOC(CN1CCN(S(=O)(=O)c2ccc3ncnc(Cl)c3c2)CC1)c1ccccc1. The van der Waals surface area contributed by atoms with E-state index in [4.69, 9.17) is 16.3 Å². The summed E-state index contributed by atoms with van der Waals surface area (Å²) in [7, 11) is -3.62.